The smallest absolute Gasteiger partial charge is 0.387 e. The van der Waals surface area contributed by atoms with Crippen molar-refractivity contribution in [1.29, 1.82) is 0 Å². The van der Waals surface area contributed by atoms with Crippen LogP contribution in [0.5, 0.6) is 0 Å². The number of rotatable bonds is 31. The number of phosphoric ester groups is 1. The zero-order valence-electron chi connectivity index (χ0n) is 30.3. The Morgan fingerprint density at radius 3 is 1.52 bits per heavy atom. The summed E-state index contributed by atoms with van der Waals surface area (Å²) in [5.74, 6) is 0. The van der Waals surface area contributed by atoms with Gasteiger partial charge in [-0.2, -0.15) is 0 Å². The monoisotopic (exact) mass is 716 g/mol. The molecule has 13 nitrogen and oxygen atoms in total. The van der Waals surface area contributed by atoms with Crippen molar-refractivity contribution < 1.29 is 62.7 Å². The molecule has 14 heteroatoms. The topological polar surface area (TPSA) is 185 Å². The molecule has 0 aliphatic heterocycles. The van der Waals surface area contributed by atoms with E-state index in [2.05, 4.69) is 6.92 Å². The lowest BCUT2D eigenvalue weighted by Gasteiger charge is -2.41. The summed E-state index contributed by atoms with van der Waals surface area (Å²) in [6.45, 7) is 2.89. The van der Waals surface area contributed by atoms with Gasteiger partial charge in [-0.05, 0) is 6.42 Å². The molecule has 0 heterocycles. The summed E-state index contributed by atoms with van der Waals surface area (Å²) >= 11 is 0. The highest BCUT2D eigenvalue weighted by Crippen LogP contribution is 2.43. The van der Waals surface area contributed by atoms with Crippen LogP contribution in [0.1, 0.15) is 110 Å². The molecule has 6 N–H and O–H groups in total. The predicted molar refractivity (Wildman–Crippen MR) is 185 cm³/mol. The first-order chi connectivity index (χ1) is 22.8. The van der Waals surface area contributed by atoms with Crippen molar-refractivity contribution in [3.8, 4) is 0 Å². The number of aliphatic hydroxyl groups is 5. The van der Waals surface area contributed by atoms with Crippen LogP contribution < -0.4 is 0 Å². The summed E-state index contributed by atoms with van der Waals surface area (Å²) in [6.07, 6.45) is 10.1. The van der Waals surface area contributed by atoms with E-state index in [4.69, 9.17) is 23.3 Å². The summed E-state index contributed by atoms with van der Waals surface area (Å²) in [5, 5.41) is 49.9. The first kappa shape index (κ1) is 45.8. The third-order valence-electron chi connectivity index (χ3n) is 8.71. The second-order valence-corrected chi connectivity index (χ2v) is 15.7. The lowest BCUT2D eigenvalue weighted by atomic mass is 9.85. The highest BCUT2D eigenvalue weighted by molar-refractivity contribution is 7.47. The molecule has 1 aliphatic rings. The first-order valence-corrected chi connectivity index (χ1v) is 19.9. The third-order valence-corrected chi connectivity index (χ3v) is 9.69. The van der Waals surface area contributed by atoms with Crippen LogP contribution in [0.25, 0.3) is 0 Å². The van der Waals surface area contributed by atoms with Crippen molar-refractivity contribution in [3.63, 3.8) is 0 Å². The molecule has 0 bridgehead atoms. The fourth-order valence-corrected chi connectivity index (χ4v) is 6.29. The molecule has 1 fully saturated rings. The maximum Gasteiger partial charge on any atom is 0.472 e. The van der Waals surface area contributed by atoms with E-state index in [0.29, 0.717) is 17.6 Å². The van der Waals surface area contributed by atoms with E-state index in [0.717, 1.165) is 19.3 Å². The molecule has 0 amide bonds. The van der Waals surface area contributed by atoms with Crippen molar-refractivity contribution >= 4 is 7.82 Å². The third kappa shape index (κ3) is 21.9. The highest BCUT2D eigenvalue weighted by Gasteiger charge is 2.48. The number of aliphatic hydroxyl groups excluding tert-OH is 5. The second kappa shape index (κ2) is 26.5. The van der Waals surface area contributed by atoms with Crippen LogP contribution in [-0.4, -0.2) is 145 Å². The number of hydrogen-bond acceptors (Lipinski definition) is 11. The van der Waals surface area contributed by atoms with Crippen LogP contribution in [0.15, 0.2) is 0 Å². The van der Waals surface area contributed by atoms with Crippen LogP contribution in [0.2, 0.25) is 0 Å². The minimum atomic E-state index is -4.33. The summed E-state index contributed by atoms with van der Waals surface area (Å²) in [5.41, 5.74) is 0. The molecule has 48 heavy (non-hydrogen) atoms. The first-order valence-electron chi connectivity index (χ1n) is 18.4. The number of quaternary nitrogens is 1. The van der Waals surface area contributed by atoms with Gasteiger partial charge < -0.3 is 49.1 Å². The number of likely N-dealkylation sites (N-methyl/N-ethyl adjacent to an activating group) is 1. The van der Waals surface area contributed by atoms with Crippen molar-refractivity contribution in [2.75, 3.05) is 67.3 Å². The Labute approximate surface area is 290 Å². The molecule has 0 spiro atoms. The summed E-state index contributed by atoms with van der Waals surface area (Å²) in [6, 6.07) is 0. The van der Waals surface area contributed by atoms with Crippen LogP contribution >= 0.6 is 7.82 Å². The average Bonchev–Trinajstić information content (AvgIpc) is 3.03. The summed E-state index contributed by atoms with van der Waals surface area (Å²) in [4.78, 5) is 10.1. The standard InChI is InChI=1S/C34H70NO12P/c1-5-6-7-8-9-10-11-12-13-14-15-16-17-18-19-20-22-43-26-28(27-47-48(41,42)46-23-21-35(2,3)4)44-24-25-45-34-32(39)30(37)29(36)31(38)33(34)40/h28-34,36-40H,5-27H2,1-4H3/p+1/t28-,29?,30-,31+,32+,33+,34?/m1/s1. The molecule has 0 radical (unpaired) electrons. The van der Waals surface area contributed by atoms with Crippen LogP contribution in [-0.2, 0) is 27.8 Å². The molecule has 1 rings (SSSR count). The Bertz CT molecular complexity index is 803. The molecule has 1 aliphatic carbocycles. The molecule has 0 aromatic heterocycles. The van der Waals surface area contributed by atoms with Crippen molar-refractivity contribution in [2.24, 2.45) is 0 Å². The van der Waals surface area contributed by atoms with Gasteiger partial charge in [-0.25, -0.2) is 4.57 Å². The van der Waals surface area contributed by atoms with Crippen LogP contribution in [0, 0.1) is 0 Å². The van der Waals surface area contributed by atoms with E-state index in [1.165, 1.54) is 83.5 Å². The molecule has 0 aromatic carbocycles. The zero-order valence-corrected chi connectivity index (χ0v) is 31.2. The van der Waals surface area contributed by atoms with Crippen LogP contribution in [0.4, 0.5) is 0 Å². The zero-order chi connectivity index (χ0) is 35.8. The summed E-state index contributed by atoms with van der Waals surface area (Å²) in [7, 11) is 1.47. The fraction of sp³-hybridized carbons (Fsp3) is 1.00. The minimum Gasteiger partial charge on any atom is -0.387 e. The van der Waals surface area contributed by atoms with Gasteiger partial charge >= 0.3 is 7.82 Å². The molecule has 0 aromatic rings. The Balaban J connectivity index is 2.31. The van der Waals surface area contributed by atoms with Crippen molar-refractivity contribution in [3.05, 3.63) is 0 Å². The normalized spacial score (nSPS) is 25.3. The van der Waals surface area contributed by atoms with Crippen LogP contribution in [0.3, 0.4) is 0 Å². The Morgan fingerprint density at radius 2 is 1.04 bits per heavy atom. The van der Waals surface area contributed by atoms with Gasteiger partial charge in [0.2, 0.25) is 0 Å². The highest BCUT2D eigenvalue weighted by atomic mass is 31.2. The number of nitrogens with zero attached hydrogens (tertiary/aromatic N) is 1. The Morgan fingerprint density at radius 1 is 0.583 bits per heavy atom. The SMILES string of the molecule is CCCCCCCCCCCCCCCCCCOC[C@H](COP(=O)(O)OCC[N+](C)(C)C)OCCOC1[C@@H](O)[C@H](O)C(O)[C@H](O)[C@@H]1O. The number of ether oxygens (including phenoxy) is 3. The van der Waals surface area contributed by atoms with E-state index in [-0.39, 0.29) is 33.0 Å². The van der Waals surface area contributed by atoms with Gasteiger partial charge in [-0.3, -0.25) is 9.05 Å². The lowest BCUT2D eigenvalue weighted by molar-refractivity contribution is -0.870. The molecular weight excluding hydrogens is 645 g/mol. The van der Waals surface area contributed by atoms with Gasteiger partial charge in [0, 0.05) is 6.61 Å². The lowest BCUT2D eigenvalue weighted by Crippen LogP contribution is -2.64. The number of phosphoric acid groups is 1. The van der Waals surface area contributed by atoms with Gasteiger partial charge in [-0.1, -0.05) is 103 Å². The van der Waals surface area contributed by atoms with Crippen molar-refractivity contribution in [2.45, 2.75) is 152 Å². The number of hydrogen-bond donors (Lipinski definition) is 6. The molecule has 0 saturated heterocycles. The fourth-order valence-electron chi connectivity index (χ4n) is 5.55. The van der Waals surface area contributed by atoms with E-state index in [1.54, 1.807) is 0 Å². The van der Waals surface area contributed by atoms with Gasteiger partial charge in [0.15, 0.2) is 0 Å². The predicted octanol–water partition coefficient (Wildman–Crippen LogP) is 3.69. The minimum absolute atomic E-state index is 0.0326. The molecule has 1 saturated carbocycles. The maximum absolute atomic E-state index is 12.4. The molecule has 8 atom stereocenters. The van der Waals surface area contributed by atoms with Gasteiger partial charge in [0.05, 0.1) is 47.6 Å². The van der Waals surface area contributed by atoms with E-state index >= 15 is 0 Å². The largest absolute Gasteiger partial charge is 0.472 e. The molecular formula is C34H71NO12P+. The van der Waals surface area contributed by atoms with Gasteiger partial charge in [0.25, 0.3) is 0 Å². The molecule has 288 valence electrons. The van der Waals surface area contributed by atoms with Crippen molar-refractivity contribution in [1.82, 2.24) is 0 Å². The van der Waals surface area contributed by atoms with Gasteiger partial charge in [-0.15, -0.1) is 0 Å². The summed E-state index contributed by atoms with van der Waals surface area (Å²) < 4.78 is 40.2. The Hall–Kier alpha value is -0.250. The Kier molecular flexibility index (Phi) is 25.3. The second-order valence-electron chi connectivity index (χ2n) is 14.3. The van der Waals surface area contributed by atoms with E-state index < -0.39 is 50.6 Å². The quantitative estimate of drug-likeness (QED) is 0.0348. The number of unbranched alkanes of at least 4 members (excludes halogenated alkanes) is 15. The average molecular weight is 717 g/mol. The van der Waals surface area contributed by atoms with E-state index in [1.807, 2.05) is 21.1 Å². The molecule has 3 unspecified atom stereocenters. The maximum atomic E-state index is 12.4. The van der Waals surface area contributed by atoms with Gasteiger partial charge in [0.1, 0.15) is 55.9 Å². The van der Waals surface area contributed by atoms with E-state index in [9.17, 15) is 35.0 Å².